The van der Waals surface area contributed by atoms with Crippen molar-refractivity contribution >= 4 is 41.5 Å². The van der Waals surface area contributed by atoms with Crippen LogP contribution in [0.25, 0.3) is 0 Å². The van der Waals surface area contributed by atoms with Gasteiger partial charge in [-0.3, -0.25) is 4.79 Å². The van der Waals surface area contributed by atoms with Crippen LogP contribution in [0.4, 0.5) is 4.79 Å². The van der Waals surface area contributed by atoms with E-state index < -0.39 is 35.2 Å². The molecule has 2 saturated heterocycles. The highest BCUT2D eigenvalue weighted by molar-refractivity contribution is 8.18. The number of esters is 1. The predicted molar refractivity (Wildman–Crippen MR) is 117 cm³/mol. The Morgan fingerprint density at radius 3 is 2.17 bits per heavy atom. The van der Waals surface area contributed by atoms with E-state index in [0.29, 0.717) is 13.0 Å². The molecule has 2 heterocycles. The van der Waals surface area contributed by atoms with Crippen LogP contribution in [0.15, 0.2) is 0 Å². The summed E-state index contributed by atoms with van der Waals surface area (Å²) in [4.78, 5) is 40.1. The molecule has 2 aliphatic heterocycles. The van der Waals surface area contributed by atoms with E-state index in [1.54, 1.807) is 25.7 Å². The normalized spacial score (nSPS) is 22.9. The van der Waals surface area contributed by atoms with Crippen LogP contribution in [0.2, 0.25) is 0 Å². The van der Waals surface area contributed by atoms with E-state index in [-0.39, 0.29) is 9.99 Å². The zero-order valence-corrected chi connectivity index (χ0v) is 20.1. The third-order valence-electron chi connectivity index (χ3n) is 4.84. The van der Waals surface area contributed by atoms with E-state index in [0.717, 1.165) is 17.9 Å². The molecule has 166 valence electrons. The number of ether oxygens (including phenoxy) is 2. The lowest BCUT2D eigenvalue weighted by atomic mass is 9.85. The molecule has 2 atom stereocenters. The first-order valence-electron chi connectivity index (χ1n) is 9.94. The van der Waals surface area contributed by atoms with Gasteiger partial charge in [-0.15, -0.1) is 23.5 Å². The highest BCUT2D eigenvalue weighted by atomic mass is 32.2. The highest BCUT2D eigenvalue weighted by Crippen LogP contribution is 2.50. The van der Waals surface area contributed by atoms with E-state index in [9.17, 15) is 14.4 Å². The first-order chi connectivity index (χ1) is 13.3. The second-order valence-corrected chi connectivity index (χ2v) is 12.8. The van der Waals surface area contributed by atoms with E-state index in [2.05, 4.69) is 5.32 Å². The molecule has 0 bridgehead atoms. The van der Waals surface area contributed by atoms with Crippen LogP contribution in [-0.4, -0.2) is 69.8 Å². The topological polar surface area (TPSA) is 84.9 Å². The van der Waals surface area contributed by atoms with Gasteiger partial charge in [0.2, 0.25) is 5.91 Å². The van der Waals surface area contributed by atoms with Crippen molar-refractivity contribution in [3.63, 3.8) is 0 Å². The van der Waals surface area contributed by atoms with E-state index >= 15 is 0 Å². The molecule has 0 aromatic carbocycles. The maximum Gasteiger partial charge on any atom is 0.408 e. The molecule has 2 unspecified atom stereocenters. The van der Waals surface area contributed by atoms with Crippen molar-refractivity contribution in [2.75, 3.05) is 25.2 Å². The maximum atomic E-state index is 13.6. The number of carbonyl (C=O) groups excluding carboxylic acids is 3. The van der Waals surface area contributed by atoms with Crippen molar-refractivity contribution in [3.8, 4) is 0 Å². The lowest BCUT2D eigenvalue weighted by molar-refractivity contribution is -0.152. The fourth-order valence-electron chi connectivity index (χ4n) is 3.48. The zero-order valence-electron chi connectivity index (χ0n) is 18.5. The lowest BCUT2D eigenvalue weighted by Crippen LogP contribution is -2.57. The van der Waals surface area contributed by atoms with E-state index in [4.69, 9.17) is 9.47 Å². The summed E-state index contributed by atoms with van der Waals surface area (Å²) in [5.41, 5.74) is -1.23. The van der Waals surface area contributed by atoms with Gasteiger partial charge in [-0.1, -0.05) is 20.8 Å². The Morgan fingerprint density at radius 1 is 1.10 bits per heavy atom. The molecule has 1 spiro atoms. The second kappa shape index (κ2) is 8.96. The molecule has 2 amide bonds. The average Bonchev–Trinajstić information content (AvgIpc) is 2.95. The number of thioether (sulfide) groups is 2. The molecule has 9 heteroatoms. The van der Waals surface area contributed by atoms with Crippen molar-refractivity contribution in [2.45, 2.75) is 76.1 Å². The van der Waals surface area contributed by atoms with Gasteiger partial charge >= 0.3 is 12.1 Å². The van der Waals surface area contributed by atoms with Crippen molar-refractivity contribution < 1.29 is 23.9 Å². The molecule has 0 saturated carbocycles. The molecule has 0 radical (unpaired) electrons. The Morgan fingerprint density at radius 2 is 1.69 bits per heavy atom. The van der Waals surface area contributed by atoms with Gasteiger partial charge in [0.1, 0.15) is 17.7 Å². The zero-order chi connectivity index (χ0) is 22.0. The van der Waals surface area contributed by atoms with E-state index in [1.807, 2.05) is 44.3 Å². The highest BCUT2D eigenvalue weighted by Gasteiger charge is 2.53. The van der Waals surface area contributed by atoms with Gasteiger partial charge in [0, 0.05) is 13.0 Å². The summed E-state index contributed by atoms with van der Waals surface area (Å²) >= 11 is 3.63. The maximum absolute atomic E-state index is 13.6. The monoisotopic (exact) mass is 446 g/mol. The van der Waals surface area contributed by atoms with Gasteiger partial charge in [0.25, 0.3) is 0 Å². The Kier molecular flexibility index (Phi) is 7.47. The Bertz CT molecular complexity index is 636. The minimum absolute atomic E-state index is 0.193. The number of nitrogens with zero attached hydrogens (tertiary/aromatic N) is 1. The lowest BCUT2D eigenvalue weighted by Gasteiger charge is -2.36. The van der Waals surface area contributed by atoms with Crippen LogP contribution in [0.5, 0.6) is 0 Å². The quantitative estimate of drug-likeness (QED) is 0.666. The molecule has 2 fully saturated rings. The Hall–Kier alpha value is -1.09. The Labute approximate surface area is 182 Å². The smallest absolute Gasteiger partial charge is 0.408 e. The second-order valence-electron chi connectivity index (χ2n) is 9.62. The number of hydrogen-bond donors (Lipinski definition) is 1. The number of amides is 2. The number of nitrogens with one attached hydrogen (secondary N) is 1. The fraction of sp³-hybridized carbons (Fsp3) is 0.850. The molecule has 7 nitrogen and oxygen atoms in total. The van der Waals surface area contributed by atoms with Gasteiger partial charge in [-0.05, 0) is 44.1 Å². The third-order valence-corrected chi connectivity index (χ3v) is 8.18. The molecule has 1 N–H and O–H groups in total. The predicted octanol–water partition coefficient (Wildman–Crippen LogP) is 3.27. The van der Waals surface area contributed by atoms with Gasteiger partial charge in [0.15, 0.2) is 0 Å². The van der Waals surface area contributed by atoms with Crippen LogP contribution >= 0.6 is 23.5 Å². The minimum atomic E-state index is -0.821. The first kappa shape index (κ1) is 24.2. The number of carbonyl (C=O) groups is 3. The molecule has 0 aromatic rings. The number of alkyl carbamates (subject to hydrolysis) is 1. The van der Waals surface area contributed by atoms with Gasteiger partial charge < -0.3 is 19.7 Å². The molecular weight excluding hydrogens is 412 g/mol. The van der Waals surface area contributed by atoms with Crippen LogP contribution in [0, 0.1) is 5.41 Å². The molecule has 0 aliphatic carbocycles. The summed E-state index contributed by atoms with van der Waals surface area (Å²) in [5, 5.41) is 2.74. The van der Waals surface area contributed by atoms with Crippen LogP contribution in [0.3, 0.4) is 0 Å². The van der Waals surface area contributed by atoms with Crippen LogP contribution < -0.4 is 5.32 Å². The number of hydrogen-bond acceptors (Lipinski definition) is 7. The van der Waals surface area contributed by atoms with Gasteiger partial charge in [-0.25, -0.2) is 9.59 Å². The molecule has 0 aromatic heterocycles. The SMILES string of the molecule is COC(=O)C1CC2(CN1C(=O)C(NC(=O)OC(C)(C)C)C(C)(C)C)SCCCS2. The molecule has 29 heavy (non-hydrogen) atoms. The summed E-state index contributed by atoms with van der Waals surface area (Å²) in [7, 11) is 1.34. The van der Waals surface area contributed by atoms with Crippen molar-refractivity contribution in [3.05, 3.63) is 0 Å². The van der Waals surface area contributed by atoms with Crippen LogP contribution in [0.1, 0.15) is 54.4 Å². The average molecular weight is 447 g/mol. The summed E-state index contributed by atoms with van der Waals surface area (Å²) in [6.45, 7) is 11.4. The number of methoxy groups -OCH3 is 1. The number of rotatable bonds is 3. The van der Waals surface area contributed by atoms with Gasteiger partial charge in [-0.2, -0.15) is 0 Å². The molecular formula is C20H34N2O5S2. The molecule has 2 rings (SSSR count). The summed E-state index contributed by atoms with van der Waals surface area (Å²) in [6.07, 6.45) is 1.04. The minimum Gasteiger partial charge on any atom is -0.467 e. The van der Waals surface area contributed by atoms with Crippen molar-refractivity contribution in [1.29, 1.82) is 0 Å². The van der Waals surface area contributed by atoms with E-state index in [1.165, 1.54) is 7.11 Å². The van der Waals surface area contributed by atoms with Crippen molar-refractivity contribution in [1.82, 2.24) is 10.2 Å². The van der Waals surface area contributed by atoms with Crippen LogP contribution in [-0.2, 0) is 19.1 Å². The molecule has 2 aliphatic rings. The summed E-state index contributed by atoms with van der Waals surface area (Å²) in [6, 6.07) is -1.46. The third kappa shape index (κ3) is 6.20. The first-order valence-corrected chi connectivity index (χ1v) is 11.9. The number of likely N-dealkylation sites (tertiary alicyclic amines) is 1. The Balaban J connectivity index is 2.27. The largest absolute Gasteiger partial charge is 0.467 e. The van der Waals surface area contributed by atoms with Gasteiger partial charge in [0.05, 0.1) is 11.2 Å². The summed E-state index contributed by atoms with van der Waals surface area (Å²) < 4.78 is 10.2. The standard InChI is InChI=1S/C20H34N2O5S2/c1-18(2,3)14(21-17(25)27-19(4,5)6)15(23)22-12-20(28-9-8-10-29-20)11-13(22)16(24)26-7/h13-14H,8-12H2,1-7H3,(H,21,25). The summed E-state index contributed by atoms with van der Waals surface area (Å²) in [5.74, 6) is 1.35. The van der Waals surface area contributed by atoms with Crippen molar-refractivity contribution in [2.24, 2.45) is 5.41 Å². The fourth-order valence-corrected chi connectivity index (χ4v) is 6.83.